The molecule has 38 heavy (non-hydrogen) atoms. The van der Waals surface area contributed by atoms with Gasteiger partial charge in [-0.25, -0.2) is 0 Å². The van der Waals surface area contributed by atoms with Gasteiger partial charge in [-0.15, -0.1) is 23.1 Å². The predicted octanol–water partition coefficient (Wildman–Crippen LogP) is 8.52. The van der Waals surface area contributed by atoms with Crippen molar-refractivity contribution >= 4 is 35.0 Å². The lowest BCUT2D eigenvalue weighted by molar-refractivity contribution is -0.138. The zero-order valence-corrected chi connectivity index (χ0v) is 23.7. The molecule has 3 aromatic rings. The molecule has 1 atom stereocenters. The van der Waals surface area contributed by atoms with Crippen LogP contribution in [0.3, 0.4) is 0 Å². The molecule has 2 aromatic carbocycles. The summed E-state index contributed by atoms with van der Waals surface area (Å²) in [4.78, 5) is 25.8. The summed E-state index contributed by atoms with van der Waals surface area (Å²) >= 11 is 3.11. The van der Waals surface area contributed by atoms with Gasteiger partial charge in [-0.2, -0.15) is 13.2 Å². The van der Waals surface area contributed by atoms with E-state index in [-0.39, 0.29) is 29.5 Å². The lowest BCUT2D eigenvalue weighted by atomic mass is 9.90. The molecule has 9 heteroatoms. The molecule has 0 unspecified atom stereocenters. The third kappa shape index (κ3) is 8.11. The van der Waals surface area contributed by atoms with Gasteiger partial charge in [0.25, 0.3) is 5.91 Å². The minimum absolute atomic E-state index is 0.0236. The molecule has 1 aromatic heterocycles. The number of aryl methyl sites for hydroxylation is 2. The molecule has 204 valence electrons. The molecule has 0 aliphatic rings. The highest BCUT2D eigenvalue weighted by Crippen LogP contribution is 2.46. The van der Waals surface area contributed by atoms with Gasteiger partial charge in [-0.1, -0.05) is 32.9 Å². The van der Waals surface area contributed by atoms with Crippen LogP contribution in [0, 0.1) is 19.3 Å². The van der Waals surface area contributed by atoms with E-state index in [4.69, 9.17) is 5.11 Å². The van der Waals surface area contributed by atoms with E-state index in [1.807, 2.05) is 19.9 Å². The Labute approximate surface area is 229 Å². The monoisotopic (exact) mass is 563 g/mol. The summed E-state index contributed by atoms with van der Waals surface area (Å²) < 4.78 is 39.0. The number of thioether (sulfide) groups is 1. The van der Waals surface area contributed by atoms with Crippen LogP contribution in [-0.2, 0) is 11.0 Å². The quantitative estimate of drug-likeness (QED) is 0.256. The van der Waals surface area contributed by atoms with Crippen LogP contribution < -0.4 is 5.32 Å². The number of aliphatic carboxylic acids is 1. The van der Waals surface area contributed by atoms with E-state index in [9.17, 15) is 22.8 Å². The summed E-state index contributed by atoms with van der Waals surface area (Å²) in [6.45, 7) is 10.5. The number of hydrogen-bond acceptors (Lipinski definition) is 4. The number of carboxylic acids is 1. The SMILES string of the molecule is Cc1cc(S[C@H](CC(C)(C)C)c2ccc(C(=O)NCCC(=O)O)s2)cc(C)c1-c1ccc(C(F)(F)F)cc1. The fraction of sp³-hybridized carbons (Fsp3) is 0.379. The first-order valence-corrected chi connectivity index (χ1v) is 13.9. The lowest BCUT2D eigenvalue weighted by Crippen LogP contribution is -2.25. The molecule has 0 saturated heterocycles. The molecule has 4 nitrogen and oxygen atoms in total. The van der Waals surface area contributed by atoms with Gasteiger partial charge in [0, 0.05) is 21.6 Å². The van der Waals surface area contributed by atoms with E-state index in [1.54, 1.807) is 17.8 Å². The molecular formula is C29H32F3NO3S2. The van der Waals surface area contributed by atoms with E-state index in [2.05, 4.69) is 38.2 Å². The zero-order valence-electron chi connectivity index (χ0n) is 22.0. The van der Waals surface area contributed by atoms with Crippen LogP contribution in [0.1, 0.15) is 70.1 Å². The fourth-order valence-electron chi connectivity index (χ4n) is 4.21. The molecule has 1 amide bonds. The third-order valence-electron chi connectivity index (χ3n) is 5.88. The average molecular weight is 564 g/mol. The summed E-state index contributed by atoms with van der Waals surface area (Å²) in [7, 11) is 0. The van der Waals surface area contributed by atoms with Crippen molar-refractivity contribution in [3.05, 3.63) is 75.0 Å². The molecular weight excluding hydrogens is 531 g/mol. The molecule has 0 saturated carbocycles. The van der Waals surface area contributed by atoms with Gasteiger partial charge in [-0.3, -0.25) is 9.59 Å². The number of carbonyl (C=O) groups excluding carboxylic acids is 1. The maximum absolute atomic E-state index is 13.0. The van der Waals surface area contributed by atoms with Crippen LogP contribution in [0.2, 0.25) is 0 Å². The van der Waals surface area contributed by atoms with Gasteiger partial charge in [0.05, 0.1) is 16.9 Å². The van der Waals surface area contributed by atoms with Crippen LogP contribution in [0.15, 0.2) is 53.4 Å². The molecule has 0 aliphatic carbocycles. The number of rotatable bonds is 9. The van der Waals surface area contributed by atoms with Crippen molar-refractivity contribution in [3.63, 3.8) is 0 Å². The Morgan fingerprint density at radius 3 is 2.13 bits per heavy atom. The van der Waals surface area contributed by atoms with E-state index in [1.165, 1.54) is 23.5 Å². The Morgan fingerprint density at radius 2 is 1.61 bits per heavy atom. The standard InChI is InChI=1S/C29H32F3NO3S2/c1-17-14-21(15-18(2)26(17)19-6-8-20(9-7-19)29(30,31)32)37-24(16-28(3,4)5)22-10-11-23(38-22)27(36)33-13-12-25(34)35/h6-11,14-15,24H,12-13,16H2,1-5H3,(H,33,36)(H,34,35)/t24-/m1/s1. The highest BCUT2D eigenvalue weighted by molar-refractivity contribution is 7.99. The van der Waals surface area contributed by atoms with E-state index in [0.29, 0.717) is 4.88 Å². The van der Waals surface area contributed by atoms with Crippen molar-refractivity contribution in [2.45, 2.75) is 63.8 Å². The number of amides is 1. The molecule has 1 heterocycles. The Morgan fingerprint density at radius 1 is 1.00 bits per heavy atom. The normalized spacial score (nSPS) is 12.8. The van der Waals surface area contributed by atoms with Gasteiger partial charge in [0.15, 0.2) is 0 Å². The minimum atomic E-state index is -4.37. The number of carbonyl (C=O) groups is 2. The number of thiophene rings is 1. The Bertz CT molecular complexity index is 1270. The highest BCUT2D eigenvalue weighted by atomic mass is 32.2. The second-order valence-corrected chi connectivity index (χ2v) is 12.9. The van der Waals surface area contributed by atoms with Crippen LogP contribution in [0.25, 0.3) is 11.1 Å². The maximum Gasteiger partial charge on any atom is 0.416 e. The Hall–Kier alpha value is -2.78. The third-order valence-corrected chi connectivity index (χ3v) is 8.44. The van der Waals surface area contributed by atoms with Gasteiger partial charge in [0.2, 0.25) is 0 Å². The summed E-state index contributed by atoms with van der Waals surface area (Å²) in [5, 5.41) is 11.5. The molecule has 0 spiro atoms. The largest absolute Gasteiger partial charge is 0.481 e. The van der Waals surface area contributed by atoms with Crippen molar-refractivity contribution in [2.75, 3.05) is 6.54 Å². The second kappa shape index (κ2) is 11.9. The van der Waals surface area contributed by atoms with Gasteiger partial charge in [-0.05, 0) is 84.3 Å². The maximum atomic E-state index is 13.0. The Balaban J connectivity index is 1.85. The van der Waals surface area contributed by atoms with Gasteiger partial charge >= 0.3 is 12.1 Å². The van der Waals surface area contributed by atoms with Crippen LogP contribution >= 0.6 is 23.1 Å². The predicted molar refractivity (Wildman–Crippen MR) is 148 cm³/mol. The number of nitrogens with one attached hydrogen (secondary N) is 1. The van der Waals surface area contributed by atoms with Crippen LogP contribution in [-0.4, -0.2) is 23.5 Å². The van der Waals surface area contributed by atoms with Crippen molar-refractivity contribution in [1.29, 1.82) is 0 Å². The number of benzene rings is 2. The first-order valence-electron chi connectivity index (χ1n) is 12.2. The summed E-state index contributed by atoms with van der Waals surface area (Å²) in [6, 6.07) is 13.1. The lowest BCUT2D eigenvalue weighted by Gasteiger charge is -2.25. The molecule has 2 N–H and O–H groups in total. The topological polar surface area (TPSA) is 66.4 Å². The van der Waals surface area contributed by atoms with E-state index >= 15 is 0 Å². The molecule has 0 aliphatic heterocycles. The zero-order chi connectivity index (χ0) is 28.3. The molecule has 0 fully saturated rings. The second-order valence-electron chi connectivity index (χ2n) is 10.5. The first-order chi connectivity index (χ1) is 17.6. The highest BCUT2D eigenvalue weighted by Gasteiger charge is 2.30. The fourth-order valence-corrected chi connectivity index (χ4v) is 7.00. The number of halogens is 3. The number of hydrogen-bond donors (Lipinski definition) is 2. The van der Waals surface area contributed by atoms with E-state index < -0.39 is 17.7 Å². The average Bonchev–Trinajstić information content (AvgIpc) is 3.27. The summed E-state index contributed by atoms with van der Waals surface area (Å²) in [5.41, 5.74) is 2.98. The summed E-state index contributed by atoms with van der Waals surface area (Å²) in [6.07, 6.45) is -3.64. The molecule has 3 rings (SSSR count). The van der Waals surface area contributed by atoms with Crippen molar-refractivity contribution in [2.24, 2.45) is 5.41 Å². The smallest absolute Gasteiger partial charge is 0.416 e. The van der Waals surface area contributed by atoms with Crippen LogP contribution in [0.5, 0.6) is 0 Å². The number of carboxylic acid groups (broad SMARTS) is 1. The van der Waals surface area contributed by atoms with Crippen molar-refractivity contribution in [3.8, 4) is 11.1 Å². The Kier molecular flexibility index (Phi) is 9.36. The molecule has 0 bridgehead atoms. The summed E-state index contributed by atoms with van der Waals surface area (Å²) in [5.74, 6) is -1.25. The minimum Gasteiger partial charge on any atom is -0.481 e. The van der Waals surface area contributed by atoms with Crippen molar-refractivity contribution in [1.82, 2.24) is 5.32 Å². The number of alkyl halides is 3. The first kappa shape index (κ1) is 29.8. The van der Waals surface area contributed by atoms with Gasteiger partial charge < -0.3 is 10.4 Å². The van der Waals surface area contributed by atoms with Crippen LogP contribution in [0.4, 0.5) is 13.2 Å². The van der Waals surface area contributed by atoms with E-state index in [0.717, 1.165) is 50.6 Å². The van der Waals surface area contributed by atoms with Gasteiger partial charge in [0.1, 0.15) is 0 Å². The molecule has 0 radical (unpaired) electrons. The van der Waals surface area contributed by atoms with Crippen molar-refractivity contribution < 1.29 is 27.9 Å².